The first-order valence-corrected chi connectivity index (χ1v) is 7.78. The molecule has 1 saturated carbocycles. The van der Waals surface area contributed by atoms with Crippen LogP contribution in [-0.2, 0) is 4.79 Å². The zero-order valence-electron chi connectivity index (χ0n) is 12.3. The van der Waals surface area contributed by atoms with Crippen LogP contribution in [0.25, 0.3) is 0 Å². The monoisotopic (exact) mass is 311 g/mol. The van der Waals surface area contributed by atoms with Crippen molar-refractivity contribution in [3.63, 3.8) is 0 Å². The number of benzene rings is 1. The van der Waals surface area contributed by atoms with E-state index in [1.54, 1.807) is 18.2 Å². The van der Waals surface area contributed by atoms with E-state index in [0.717, 1.165) is 31.2 Å². The Morgan fingerprint density at radius 1 is 1.43 bits per heavy atom. The number of halogens is 1. The molecular weight excluding hydrogens is 290 g/mol. The normalized spacial score (nSPS) is 21.9. The van der Waals surface area contributed by atoms with Crippen LogP contribution < -0.4 is 10.1 Å². The van der Waals surface area contributed by atoms with Crippen molar-refractivity contribution < 1.29 is 14.6 Å². The summed E-state index contributed by atoms with van der Waals surface area (Å²) in [6.07, 6.45) is 3.71. The molecule has 2 N–H and O–H groups in total. The molecule has 21 heavy (non-hydrogen) atoms. The maximum Gasteiger partial charge on any atom is 0.257 e. The minimum Gasteiger partial charge on any atom is -0.484 e. The van der Waals surface area contributed by atoms with Gasteiger partial charge in [0.2, 0.25) is 0 Å². The molecule has 1 aromatic rings. The highest BCUT2D eigenvalue weighted by Crippen LogP contribution is 2.23. The lowest BCUT2D eigenvalue weighted by Gasteiger charge is -2.27. The number of aliphatic hydroxyl groups is 1. The van der Waals surface area contributed by atoms with E-state index in [1.165, 1.54) is 0 Å². The fourth-order valence-electron chi connectivity index (χ4n) is 2.58. The molecule has 1 aromatic carbocycles. The Morgan fingerprint density at radius 3 is 2.90 bits per heavy atom. The number of hydrogen-bond donors (Lipinski definition) is 2. The Hall–Kier alpha value is -1.26. The summed E-state index contributed by atoms with van der Waals surface area (Å²) in [6, 6.07) is 5.30. The second kappa shape index (κ2) is 7.66. The molecule has 1 amide bonds. The largest absolute Gasteiger partial charge is 0.484 e. The molecule has 0 aromatic heterocycles. The smallest absolute Gasteiger partial charge is 0.257 e. The summed E-state index contributed by atoms with van der Waals surface area (Å²) in [5.41, 5.74) is 0.917. The summed E-state index contributed by atoms with van der Waals surface area (Å²) in [7, 11) is 0. The van der Waals surface area contributed by atoms with Gasteiger partial charge in [0.1, 0.15) is 5.75 Å². The van der Waals surface area contributed by atoms with Gasteiger partial charge in [-0.2, -0.15) is 0 Å². The fourth-order valence-corrected chi connectivity index (χ4v) is 2.70. The summed E-state index contributed by atoms with van der Waals surface area (Å²) >= 11 is 5.93. The van der Waals surface area contributed by atoms with Crippen molar-refractivity contribution in [2.75, 3.05) is 13.2 Å². The number of amides is 1. The van der Waals surface area contributed by atoms with Crippen molar-refractivity contribution in [2.24, 2.45) is 5.92 Å². The van der Waals surface area contributed by atoms with E-state index in [9.17, 15) is 9.90 Å². The maximum absolute atomic E-state index is 11.8. The van der Waals surface area contributed by atoms with Crippen LogP contribution in [0.3, 0.4) is 0 Å². The molecule has 1 fully saturated rings. The van der Waals surface area contributed by atoms with Crippen LogP contribution in [0.1, 0.15) is 31.2 Å². The third-order valence-corrected chi connectivity index (χ3v) is 4.35. The van der Waals surface area contributed by atoms with Crippen LogP contribution in [-0.4, -0.2) is 30.3 Å². The molecule has 116 valence electrons. The summed E-state index contributed by atoms with van der Waals surface area (Å²) in [4.78, 5) is 11.8. The molecule has 2 rings (SSSR count). The van der Waals surface area contributed by atoms with E-state index >= 15 is 0 Å². The van der Waals surface area contributed by atoms with E-state index in [0.29, 0.717) is 17.3 Å². The van der Waals surface area contributed by atoms with Gasteiger partial charge in [-0.25, -0.2) is 0 Å². The number of rotatable bonds is 5. The molecule has 0 saturated heterocycles. The lowest BCUT2D eigenvalue weighted by molar-refractivity contribution is -0.123. The number of carbonyl (C=O) groups excluding carboxylic acids is 1. The van der Waals surface area contributed by atoms with Gasteiger partial charge < -0.3 is 15.2 Å². The molecule has 0 heterocycles. The minimum atomic E-state index is -0.293. The van der Waals surface area contributed by atoms with Gasteiger partial charge in [-0.3, -0.25) is 4.79 Å². The Balaban J connectivity index is 1.73. The molecule has 0 aliphatic heterocycles. The maximum atomic E-state index is 11.8. The van der Waals surface area contributed by atoms with Gasteiger partial charge in [-0.15, -0.1) is 0 Å². The highest BCUT2D eigenvalue weighted by Gasteiger charge is 2.23. The van der Waals surface area contributed by atoms with Crippen LogP contribution in [0.2, 0.25) is 5.02 Å². The molecule has 1 aliphatic rings. The van der Waals surface area contributed by atoms with Gasteiger partial charge in [0.25, 0.3) is 5.91 Å². The topological polar surface area (TPSA) is 58.6 Å². The van der Waals surface area contributed by atoms with Gasteiger partial charge in [0.15, 0.2) is 6.61 Å². The fraction of sp³-hybridized carbons (Fsp3) is 0.562. The van der Waals surface area contributed by atoms with Crippen LogP contribution in [0, 0.1) is 12.8 Å². The van der Waals surface area contributed by atoms with Crippen molar-refractivity contribution in [1.82, 2.24) is 5.32 Å². The van der Waals surface area contributed by atoms with Crippen molar-refractivity contribution in [3.05, 3.63) is 28.8 Å². The van der Waals surface area contributed by atoms with Gasteiger partial charge in [-0.1, -0.05) is 24.4 Å². The summed E-state index contributed by atoms with van der Waals surface area (Å²) in [5.74, 6) is 0.630. The Bertz CT molecular complexity index is 492. The van der Waals surface area contributed by atoms with Crippen molar-refractivity contribution in [3.8, 4) is 5.75 Å². The Morgan fingerprint density at radius 2 is 2.19 bits per heavy atom. The van der Waals surface area contributed by atoms with Crippen molar-refractivity contribution >= 4 is 17.5 Å². The van der Waals surface area contributed by atoms with E-state index in [-0.39, 0.29) is 24.5 Å². The minimum absolute atomic E-state index is 0.0239. The number of ether oxygens (including phenoxy) is 1. The first-order valence-electron chi connectivity index (χ1n) is 7.40. The molecule has 1 aliphatic carbocycles. The molecule has 0 radical (unpaired) electrons. The standard InChI is InChI=1S/C16H22ClNO3/c1-11-8-13(6-7-14(11)17)21-10-16(20)18-9-12-4-2-3-5-15(12)19/h6-8,12,15,19H,2-5,9-10H2,1H3,(H,18,20). The van der Waals surface area contributed by atoms with Gasteiger partial charge in [0, 0.05) is 17.5 Å². The predicted octanol–water partition coefficient (Wildman–Crippen LogP) is 2.69. The third kappa shape index (κ3) is 4.90. The lowest BCUT2D eigenvalue weighted by Crippen LogP contribution is -2.38. The molecule has 2 unspecified atom stereocenters. The van der Waals surface area contributed by atoms with Crippen LogP contribution >= 0.6 is 11.6 Å². The number of hydrogen-bond acceptors (Lipinski definition) is 3. The average molecular weight is 312 g/mol. The van der Waals surface area contributed by atoms with Crippen molar-refractivity contribution in [2.45, 2.75) is 38.7 Å². The summed E-state index contributed by atoms with van der Waals surface area (Å²) < 4.78 is 5.44. The summed E-state index contributed by atoms with van der Waals surface area (Å²) in [5, 5.41) is 13.4. The molecule has 0 bridgehead atoms. The zero-order chi connectivity index (χ0) is 15.2. The number of aliphatic hydroxyl groups excluding tert-OH is 1. The molecule has 0 spiro atoms. The van der Waals surface area contributed by atoms with Crippen molar-refractivity contribution in [1.29, 1.82) is 0 Å². The quantitative estimate of drug-likeness (QED) is 0.879. The second-order valence-electron chi connectivity index (χ2n) is 5.62. The van der Waals surface area contributed by atoms with Crippen LogP contribution in [0.5, 0.6) is 5.75 Å². The van der Waals surface area contributed by atoms with Gasteiger partial charge in [-0.05, 0) is 43.5 Å². The van der Waals surface area contributed by atoms with E-state index in [4.69, 9.17) is 16.3 Å². The third-order valence-electron chi connectivity index (χ3n) is 3.93. The second-order valence-corrected chi connectivity index (χ2v) is 6.02. The molecule has 5 heteroatoms. The highest BCUT2D eigenvalue weighted by atomic mass is 35.5. The van der Waals surface area contributed by atoms with E-state index < -0.39 is 0 Å². The number of aryl methyl sites for hydroxylation is 1. The van der Waals surface area contributed by atoms with E-state index in [2.05, 4.69) is 5.32 Å². The van der Waals surface area contributed by atoms with E-state index in [1.807, 2.05) is 6.92 Å². The predicted molar refractivity (Wildman–Crippen MR) is 82.7 cm³/mol. The zero-order valence-corrected chi connectivity index (χ0v) is 13.0. The van der Waals surface area contributed by atoms with Gasteiger partial charge in [0.05, 0.1) is 6.10 Å². The number of carbonyl (C=O) groups is 1. The first-order chi connectivity index (χ1) is 10.1. The number of nitrogens with one attached hydrogen (secondary N) is 1. The van der Waals surface area contributed by atoms with Gasteiger partial charge >= 0.3 is 0 Å². The summed E-state index contributed by atoms with van der Waals surface area (Å²) in [6.45, 7) is 2.38. The SMILES string of the molecule is Cc1cc(OCC(=O)NCC2CCCCC2O)ccc1Cl. The molecular formula is C16H22ClNO3. The highest BCUT2D eigenvalue weighted by molar-refractivity contribution is 6.31. The molecule has 2 atom stereocenters. The van der Waals surface area contributed by atoms with Crippen LogP contribution in [0.15, 0.2) is 18.2 Å². The molecule has 4 nitrogen and oxygen atoms in total. The Labute approximate surface area is 130 Å². The Kier molecular flexibility index (Phi) is 5.88. The lowest BCUT2D eigenvalue weighted by atomic mass is 9.86. The first kappa shape index (κ1) is 16.1. The van der Waals surface area contributed by atoms with Crippen LogP contribution in [0.4, 0.5) is 0 Å². The average Bonchev–Trinajstić information content (AvgIpc) is 2.47.